The maximum absolute atomic E-state index is 15.3. The van der Waals surface area contributed by atoms with Gasteiger partial charge in [0.15, 0.2) is 17.3 Å². The Labute approximate surface area is 274 Å². The number of aromatic nitrogens is 4. The molecule has 0 radical (unpaired) electrons. The number of nitrogens with zero attached hydrogens (tertiary/aromatic N) is 5. The van der Waals surface area contributed by atoms with Crippen LogP contribution in [-0.4, -0.2) is 85.0 Å². The van der Waals surface area contributed by atoms with Gasteiger partial charge < -0.3 is 25.6 Å². The molecule has 16 heteroatoms. The number of ether oxygens (including phenoxy) is 1. The van der Waals surface area contributed by atoms with Crippen LogP contribution >= 0.6 is 0 Å². The van der Waals surface area contributed by atoms with Crippen molar-refractivity contribution in [2.75, 3.05) is 24.3 Å². The van der Waals surface area contributed by atoms with Crippen molar-refractivity contribution < 1.29 is 23.5 Å². The number of methoxy groups -OCH3 is 1. The van der Waals surface area contributed by atoms with E-state index in [0.717, 1.165) is 24.8 Å². The van der Waals surface area contributed by atoms with E-state index in [2.05, 4.69) is 37.3 Å². The molecule has 0 unspecified atom stereocenters. The lowest BCUT2D eigenvalue weighted by Gasteiger charge is -2.28. The highest BCUT2D eigenvalue weighted by Gasteiger charge is 2.31. The number of aryl methyl sites for hydroxylation is 1. The van der Waals surface area contributed by atoms with E-state index in [1.165, 1.54) is 35.6 Å². The SMILES string of the molecule is BC(B)(B)NC(=O)c1nnc(NC(=O)C2CC2)cc1Nc1cc(F)cc(-c2cc(C(=O)N3CCc4ccccc4C3)n(C)n2)c1OC. The molecule has 12 nitrogen and oxygen atoms in total. The molecular formula is C31H34B3FN8O4. The molecule has 2 aliphatic rings. The first-order valence-electron chi connectivity index (χ1n) is 15.5. The second-order valence-corrected chi connectivity index (χ2v) is 12.9. The lowest BCUT2D eigenvalue weighted by Crippen LogP contribution is -2.50. The zero-order valence-corrected chi connectivity index (χ0v) is 27.0. The van der Waals surface area contributed by atoms with Gasteiger partial charge in [-0.3, -0.25) is 19.1 Å². The Kier molecular flexibility index (Phi) is 8.52. The van der Waals surface area contributed by atoms with Gasteiger partial charge in [0.25, 0.3) is 11.8 Å². The van der Waals surface area contributed by atoms with Crippen molar-refractivity contribution in [1.29, 1.82) is 0 Å². The van der Waals surface area contributed by atoms with E-state index >= 15 is 4.39 Å². The number of carbonyl (C=O) groups excluding carboxylic acids is 3. The molecule has 1 aliphatic heterocycles. The summed E-state index contributed by atoms with van der Waals surface area (Å²) in [6.07, 6.45) is 2.35. The van der Waals surface area contributed by atoms with E-state index in [9.17, 15) is 14.4 Å². The summed E-state index contributed by atoms with van der Waals surface area (Å²) in [6.45, 7) is 1.06. The van der Waals surface area contributed by atoms with Crippen LogP contribution in [0.3, 0.4) is 0 Å². The fourth-order valence-corrected chi connectivity index (χ4v) is 5.56. The molecule has 47 heavy (non-hydrogen) atoms. The van der Waals surface area contributed by atoms with Crippen LogP contribution in [0.15, 0.2) is 48.5 Å². The predicted molar refractivity (Wildman–Crippen MR) is 183 cm³/mol. The van der Waals surface area contributed by atoms with Crippen LogP contribution in [0.25, 0.3) is 11.3 Å². The van der Waals surface area contributed by atoms with E-state index in [1.807, 2.05) is 41.7 Å². The largest absolute Gasteiger partial charge is 0.494 e. The van der Waals surface area contributed by atoms with Crippen molar-refractivity contribution in [1.82, 2.24) is 30.2 Å². The van der Waals surface area contributed by atoms with Crippen LogP contribution in [0, 0.1) is 11.7 Å². The van der Waals surface area contributed by atoms with Gasteiger partial charge in [0.2, 0.25) is 5.91 Å². The quantitative estimate of drug-likeness (QED) is 0.227. The number of anilines is 3. The normalized spacial score (nSPS) is 14.2. The molecule has 3 amide bonds. The number of halogens is 1. The zero-order chi connectivity index (χ0) is 33.5. The standard InChI is InChI=1S/C31H34B3FN8O4/c1-42-24(30(46)43-10-9-16-5-3-4-6-18(16)15-43)13-21(41-42)20-11-19(35)12-23(27(20)47-2)36-22-14-25(37-28(44)17-7-8-17)39-40-26(22)29(45)38-31(32,33)34/h3-6,11-14,17H,7-10,15,32-34H2,1-2H3,(H,38,45)(H2,36,37,39,44). The van der Waals surface area contributed by atoms with Crippen molar-refractivity contribution >= 4 is 58.5 Å². The fraction of sp³-hybridized carbons (Fsp3) is 0.290. The summed E-state index contributed by atoms with van der Waals surface area (Å²) in [7, 11) is 8.58. The average Bonchev–Trinajstić information content (AvgIpc) is 3.81. The Balaban J connectivity index is 1.33. The first kappa shape index (κ1) is 31.8. The van der Waals surface area contributed by atoms with Gasteiger partial charge in [-0.25, -0.2) is 4.39 Å². The number of rotatable bonds is 9. The number of amides is 3. The monoisotopic (exact) mass is 634 g/mol. The van der Waals surface area contributed by atoms with Crippen molar-refractivity contribution in [3.8, 4) is 17.0 Å². The first-order valence-corrected chi connectivity index (χ1v) is 15.5. The van der Waals surface area contributed by atoms with Crippen LogP contribution < -0.4 is 20.7 Å². The number of nitrogens with one attached hydrogen (secondary N) is 3. The molecule has 2 aromatic carbocycles. The molecule has 0 atom stereocenters. The Morgan fingerprint density at radius 2 is 1.77 bits per heavy atom. The summed E-state index contributed by atoms with van der Waals surface area (Å²) in [5, 5.41) is 20.8. The van der Waals surface area contributed by atoms with E-state index < -0.39 is 17.0 Å². The van der Waals surface area contributed by atoms with E-state index in [4.69, 9.17) is 4.74 Å². The van der Waals surface area contributed by atoms with Crippen molar-refractivity contribution in [3.05, 3.63) is 76.9 Å². The van der Waals surface area contributed by atoms with Gasteiger partial charge in [-0.2, -0.15) is 5.10 Å². The summed E-state index contributed by atoms with van der Waals surface area (Å²) in [5.41, 5.74) is 3.57. The van der Waals surface area contributed by atoms with E-state index in [0.29, 0.717) is 30.0 Å². The number of hydrogen-bond acceptors (Lipinski definition) is 8. The van der Waals surface area contributed by atoms with E-state index in [-0.39, 0.29) is 46.4 Å². The Morgan fingerprint density at radius 1 is 1.02 bits per heavy atom. The summed E-state index contributed by atoms with van der Waals surface area (Å²) >= 11 is 0. The molecule has 1 saturated carbocycles. The van der Waals surface area contributed by atoms with Crippen LogP contribution in [0.5, 0.6) is 5.75 Å². The molecule has 4 aromatic rings. The highest BCUT2D eigenvalue weighted by molar-refractivity contribution is 6.60. The molecule has 0 bridgehead atoms. The summed E-state index contributed by atoms with van der Waals surface area (Å²) in [5.74, 6) is -1.22. The summed E-state index contributed by atoms with van der Waals surface area (Å²) < 4.78 is 22.5. The zero-order valence-electron chi connectivity index (χ0n) is 27.0. The van der Waals surface area contributed by atoms with Gasteiger partial charge in [0.05, 0.1) is 24.2 Å². The molecule has 0 spiro atoms. The van der Waals surface area contributed by atoms with Crippen LogP contribution in [0.2, 0.25) is 0 Å². The second-order valence-electron chi connectivity index (χ2n) is 12.9. The number of fused-ring (bicyclic) bond motifs is 1. The van der Waals surface area contributed by atoms with Crippen molar-refractivity contribution in [2.45, 2.75) is 31.0 Å². The Hall–Kier alpha value is -5.14. The van der Waals surface area contributed by atoms with Gasteiger partial charge in [0.1, 0.15) is 35.0 Å². The van der Waals surface area contributed by atoms with Gasteiger partial charge in [-0.05, 0) is 47.8 Å². The highest BCUT2D eigenvalue weighted by atomic mass is 19.1. The molecular weight excluding hydrogens is 600 g/mol. The smallest absolute Gasteiger partial charge is 0.272 e. The lowest BCUT2D eigenvalue weighted by molar-refractivity contribution is -0.117. The minimum atomic E-state index is -0.612. The topological polar surface area (TPSA) is 143 Å². The maximum Gasteiger partial charge on any atom is 0.272 e. The molecule has 0 saturated heterocycles. The minimum absolute atomic E-state index is 0.0639. The van der Waals surface area contributed by atoms with Gasteiger partial charge >= 0.3 is 0 Å². The average molecular weight is 634 g/mol. The molecule has 6 rings (SSSR count). The Morgan fingerprint density at radius 3 is 2.47 bits per heavy atom. The summed E-state index contributed by atoms with van der Waals surface area (Å²) in [4.78, 5) is 41.1. The second kappa shape index (κ2) is 12.6. The minimum Gasteiger partial charge on any atom is -0.494 e. The van der Waals surface area contributed by atoms with Crippen LogP contribution in [-0.2, 0) is 24.8 Å². The molecule has 1 aliphatic carbocycles. The third kappa shape index (κ3) is 7.01. The molecule has 2 aromatic heterocycles. The van der Waals surface area contributed by atoms with E-state index in [1.54, 1.807) is 18.0 Å². The highest BCUT2D eigenvalue weighted by Crippen LogP contribution is 2.39. The lowest BCUT2D eigenvalue weighted by atomic mass is 9.49. The fourth-order valence-electron chi connectivity index (χ4n) is 5.56. The van der Waals surface area contributed by atoms with Gasteiger partial charge in [0, 0.05) is 43.8 Å². The van der Waals surface area contributed by atoms with Crippen molar-refractivity contribution in [3.63, 3.8) is 0 Å². The molecule has 1 fully saturated rings. The summed E-state index contributed by atoms with van der Waals surface area (Å²) in [6, 6.07) is 13.6. The molecule has 3 N–H and O–H groups in total. The van der Waals surface area contributed by atoms with Gasteiger partial charge in [-0.1, -0.05) is 24.3 Å². The van der Waals surface area contributed by atoms with Crippen LogP contribution in [0.4, 0.5) is 21.6 Å². The van der Waals surface area contributed by atoms with Crippen LogP contribution in [0.1, 0.15) is 44.9 Å². The molecule has 3 heterocycles. The third-order valence-electron chi connectivity index (χ3n) is 8.02. The first-order chi connectivity index (χ1) is 22.4. The maximum atomic E-state index is 15.3. The predicted octanol–water partition coefficient (Wildman–Crippen LogP) is 0.556. The number of hydrogen-bond donors (Lipinski definition) is 3. The van der Waals surface area contributed by atoms with Gasteiger partial charge in [-0.15, -0.1) is 10.2 Å². The third-order valence-corrected chi connectivity index (χ3v) is 8.02. The molecule has 238 valence electrons. The Bertz CT molecular complexity index is 1890. The number of benzene rings is 2. The van der Waals surface area contributed by atoms with Crippen molar-refractivity contribution in [2.24, 2.45) is 13.0 Å². The number of carbonyl (C=O) groups is 3.